The molecule has 0 aliphatic heterocycles. The molecule has 0 bridgehead atoms. The highest BCUT2D eigenvalue weighted by atomic mass is 79.9. The molecule has 0 aliphatic carbocycles. The Labute approximate surface area is 104 Å². The highest BCUT2D eigenvalue weighted by molar-refractivity contribution is 9.09. The van der Waals surface area contributed by atoms with E-state index in [0.717, 1.165) is 18.4 Å². The van der Waals surface area contributed by atoms with Gasteiger partial charge in [-0.3, -0.25) is 4.79 Å². The van der Waals surface area contributed by atoms with Gasteiger partial charge in [-0.2, -0.15) is 0 Å². The lowest BCUT2D eigenvalue weighted by Gasteiger charge is -2.17. The van der Waals surface area contributed by atoms with Crippen LogP contribution in [0.2, 0.25) is 0 Å². The molecule has 1 aromatic rings. The fraction of sp³-hybridized carbons (Fsp3) is 0.308. The molecule has 86 valence electrons. The molecular weight excluding hydrogens is 268 g/mol. The molecule has 0 N–H and O–H groups in total. The number of allylic oxidation sites excluding steroid dienone is 1. The van der Waals surface area contributed by atoms with E-state index in [2.05, 4.69) is 22.5 Å². The minimum Gasteiger partial charge on any atom is -0.457 e. The Morgan fingerprint density at radius 2 is 2.12 bits per heavy atom. The first-order valence-corrected chi connectivity index (χ1v) is 6.31. The van der Waals surface area contributed by atoms with Gasteiger partial charge in [0, 0.05) is 0 Å². The molecule has 2 nitrogen and oxygen atoms in total. The van der Waals surface area contributed by atoms with E-state index < -0.39 is 0 Å². The largest absolute Gasteiger partial charge is 0.457 e. The van der Waals surface area contributed by atoms with Crippen LogP contribution >= 0.6 is 15.9 Å². The molecule has 1 aromatic carbocycles. The van der Waals surface area contributed by atoms with Crippen LogP contribution in [0, 0.1) is 0 Å². The van der Waals surface area contributed by atoms with Crippen molar-refractivity contribution in [2.45, 2.75) is 18.9 Å². The van der Waals surface area contributed by atoms with Gasteiger partial charge in [0.15, 0.2) is 0 Å². The zero-order chi connectivity index (χ0) is 11.8. The number of carbonyl (C=O) groups excluding carboxylic acids is 1. The minimum absolute atomic E-state index is 0.177. The Morgan fingerprint density at radius 3 is 2.69 bits per heavy atom. The number of alkyl halides is 1. The van der Waals surface area contributed by atoms with Gasteiger partial charge in [-0.25, -0.2) is 0 Å². The Bertz CT molecular complexity index is 335. The number of carbonyl (C=O) groups is 1. The molecule has 0 radical (unpaired) electrons. The Morgan fingerprint density at radius 1 is 1.44 bits per heavy atom. The van der Waals surface area contributed by atoms with E-state index in [1.807, 2.05) is 36.4 Å². The van der Waals surface area contributed by atoms with Crippen LogP contribution in [-0.2, 0) is 9.53 Å². The maximum absolute atomic E-state index is 11.3. The maximum atomic E-state index is 11.3. The number of hydrogen-bond donors (Lipinski definition) is 0. The maximum Gasteiger partial charge on any atom is 0.317 e. The lowest BCUT2D eigenvalue weighted by atomic mass is 10.0. The normalized spacial score (nSPS) is 11.8. The number of rotatable bonds is 6. The molecule has 0 saturated carbocycles. The predicted molar refractivity (Wildman–Crippen MR) is 68.5 cm³/mol. The number of halogens is 1. The molecule has 0 saturated heterocycles. The van der Waals surface area contributed by atoms with Crippen molar-refractivity contribution < 1.29 is 9.53 Å². The van der Waals surface area contributed by atoms with Crippen LogP contribution in [0.15, 0.2) is 43.0 Å². The van der Waals surface area contributed by atoms with Crippen LogP contribution in [0.1, 0.15) is 24.5 Å². The van der Waals surface area contributed by atoms with Crippen molar-refractivity contribution in [1.82, 2.24) is 0 Å². The number of hydrogen-bond acceptors (Lipinski definition) is 2. The van der Waals surface area contributed by atoms with Gasteiger partial charge in [0.1, 0.15) is 11.4 Å². The highest BCUT2D eigenvalue weighted by Gasteiger charge is 2.14. The number of esters is 1. The van der Waals surface area contributed by atoms with Crippen LogP contribution in [0.4, 0.5) is 0 Å². The zero-order valence-corrected chi connectivity index (χ0v) is 10.7. The average Bonchev–Trinajstić information content (AvgIpc) is 2.35. The smallest absolute Gasteiger partial charge is 0.317 e. The molecule has 3 heteroatoms. The summed E-state index contributed by atoms with van der Waals surface area (Å²) < 4.78 is 5.35. The summed E-state index contributed by atoms with van der Waals surface area (Å²) >= 11 is 3.09. The fourth-order valence-electron chi connectivity index (χ4n) is 1.42. The molecule has 0 spiro atoms. The van der Waals surface area contributed by atoms with Crippen LogP contribution in [0.3, 0.4) is 0 Å². The van der Waals surface area contributed by atoms with Gasteiger partial charge in [0.05, 0.1) is 0 Å². The van der Waals surface area contributed by atoms with E-state index in [9.17, 15) is 4.79 Å². The summed E-state index contributed by atoms with van der Waals surface area (Å²) in [6, 6.07) is 9.77. The van der Waals surface area contributed by atoms with E-state index in [0.29, 0.717) is 0 Å². The first-order chi connectivity index (χ1) is 7.77. The van der Waals surface area contributed by atoms with Gasteiger partial charge in [0.25, 0.3) is 0 Å². The van der Waals surface area contributed by atoms with Crippen LogP contribution in [0.5, 0.6) is 0 Å². The quantitative estimate of drug-likeness (QED) is 0.452. The van der Waals surface area contributed by atoms with Crippen molar-refractivity contribution in [2.75, 3.05) is 5.33 Å². The summed E-state index contributed by atoms with van der Waals surface area (Å²) in [5.74, 6) is -0.238. The molecule has 1 unspecified atom stereocenters. The van der Waals surface area contributed by atoms with E-state index in [1.165, 1.54) is 0 Å². The van der Waals surface area contributed by atoms with Crippen molar-refractivity contribution >= 4 is 21.9 Å². The van der Waals surface area contributed by atoms with E-state index in [-0.39, 0.29) is 17.4 Å². The first kappa shape index (κ1) is 13.0. The van der Waals surface area contributed by atoms with Crippen LogP contribution < -0.4 is 0 Å². The van der Waals surface area contributed by atoms with E-state index >= 15 is 0 Å². The third-order valence-corrected chi connectivity index (χ3v) is 2.64. The van der Waals surface area contributed by atoms with Gasteiger partial charge in [-0.1, -0.05) is 52.3 Å². The average molecular weight is 283 g/mol. The van der Waals surface area contributed by atoms with Crippen molar-refractivity contribution in [3.05, 3.63) is 48.6 Å². The standard InChI is InChI=1S/C13H15BrO2/c1-2-3-9-12(16-13(15)10-14)11-7-5-4-6-8-11/h2,4-8,12H,1,3,9-10H2. The van der Waals surface area contributed by atoms with Crippen molar-refractivity contribution in [3.63, 3.8) is 0 Å². The molecule has 0 aliphatic rings. The first-order valence-electron chi connectivity index (χ1n) is 5.19. The summed E-state index contributed by atoms with van der Waals surface area (Å²) in [7, 11) is 0. The topological polar surface area (TPSA) is 26.3 Å². The van der Waals surface area contributed by atoms with Crippen LogP contribution in [-0.4, -0.2) is 11.3 Å². The van der Waals surface area contributed by atoms with Crippen molar-refractivity contribution in [2.24, 2.45) is 0 Å². The Kier molecular flexibility index (Phi) is 5.86. The summed E-state index contributed by atoms with van der Waals surface area (Å²) in [6.07, 6.45) is 3.25. The van der Waals surface area contributed by atoms with E-state index in [4.69, 9.17) is 4.74 Å². The fourth-order valence-corrected chi connectivity index (χ4v) is 1.55. The van der Waals surface area contributed by atoms with Gasteiger partial charge in [-0.05, 0) is 18.4 Å². The number of benzene rings is 1. The van der Waals surface area contributed by atoms with Crippen molar-refractivity contribution in [3.8, 4) is 0 Å². The van der Waals surface area contributed by atoms with E-state index in [1.54, 1.807) is 0 Å². The Balaban J connectivity index is 2.70. The molecule has 1 atom stereocenters. The monoisotopic (exact) mass is 282 g/mol. The zero-order valence-electron chi connectivity index (χ0n) is 9.06. The SMILES string of the molecule is C=CCCC(OC(=O)CBr)c1ccccc1. The van der Waals surface area contributed by atoms with Gasteiger partial charge in [-0.15, -0.1) is 6.58 Å². The Hall–Kier alpha value is -1.09. The summed E-state index contributed by atoms with van der Waals surface area (Å²) in [6.45, 7) is 3.68. The lowest BCUT2D eigenvalue weighted by Crippen LogP contribution is -2.12. The summed E-state index contributed by atoms with van der Waals surface area (Å²) in [4.78, 5) is 11.3. The second-order valence-electron chi connectivity index (χ2n) is 3.39. The van der Waals surface area contributed by atoms with Gasteiger partial charge >= 0.3 is 5.97 Å². The lowest BCUT2D eigenvalue weighted by molar-refractivity contribution is -0.146. The second kappa shape index (κ2) is 7.23. The molecule has 0 aromatic heterocycles. The number of ether oxygens (including phenoxy) is 1. The summed E-state index contributed by atoms with van der Waals surface area (Å²) in [5.41, 5.74) is 1.03. The molecule has 0 amide bonds. The molecule has 1 rings (SSSR count). The van der Waals surface area contributed by atoms with Crippen LogP contribution in [0.25, 0.3) is 0 Å². The van der Waals surface area contributed by atoms with Gasteiger partial charge < -0.3 is 4.74 Å². The highest BCUT2D eigenvalue weighted by Crippen LogP contribution is 2.23. The molecule has 0 fully saturated rings. The molecule has 16 heavy (non-hydrogen) atoms. The predicted octanol–water partition coefficient (Wildman–Crippen LogP) is 3.63. The summed E-state index contributed by atoms with van der Waals surface area (Å²) in [5, 5.41) is 0.227. The molecule has 0 heterocycles. The third kappa shape index (κ3) is 4.19. The van der Waals surface area contributed by atoms with Gasteiger partial charge in [0.2, 0.25) is 0 Å². The minimum atomic E-state index is -0.238. The third-order valence-electron chi connectivity index (χ3n) is 2.19. The molecular formula is C13H15BrO2. The van der Waals surface area contributed by atoms with Crippen molar-refractivity contribution in [1.29, 1.82) is 0 Å². The second-order valence-corrected chi connectivity index (χ2v) is 3.95.